The fraction of sp³-hybridized carbons (Fsp3) is 0.400. The van der Waals surface area contributed by atoms with Gasteiger partial charge < -0.3 is 4.74 Å². The van der Waals surface area contributed by atoms with Gasteiger partial charge in [0, 0.05) is 36.1 Å². The highest BCUT2D eigenvalue weighted by molar-refractivity contribution is 8.10. The molecule has 7 nitrogen and oxygen atoms in total. The van der Waals surface area contributed by atoms with Gasteiger partial charge in [-0.3, -0.25) is 13.6 Å². The number of aromatic nitrogens is 4. The van der Waals surface area contributed by atoms with Crippen molar-refractivity contribution in [3.8, 4) is 17.5 Å². The van der Waals surface area contributed by atoms with Crippen LogP contribution in [0.1, 0.15) is 36.3 Å². The average Bonchev–Trinajstić information content (AvgIpc) is 3.13. The van der Waals surface area contributed by atoms with Crippen LogP contribution in [0, 0.1) is 11.3 Å². The molecular weight excluding hydrogens is 406 g/mol. The molecule has 0 amide bonds. The number of thioether (sulfide) groups is 1. The fourth-order valence-corrected chi connectivity index (χ4v) is 5.59. The first-order valence-corrected chi connectivity index (χ1v) is 11.9. The van der Waals surface area contributed by atoms with E-state index in [1.807, 2.05) is 16.7 Å². The lowest BCUT2D eigenvalue weighted by Crippen LogP contribution is -2.13. The lowest BCUT2D eigenvalue weighted by molar-refractivity contribution is 0.218. The molecule has 3 heterocycles. The molecule has 0 spiro atoms. The molecule has 1 saturated carbocycles. The predicted octanol–water partition coefficient (Wildman–Crippen LogP) is 3.38. The Bertz CT molecular complexity index is 1090. The molecule has 0 radical (unpaired) electrons. The third-order valence-electron chi connectivity index (χ3n) is 5.10. The number of hydrogen-bond acceptors (Lipinski definition) is 7. The Kier molecular flexibility index (Phi) is 6.23. The molecule has 9 heteroatoms. The molecule has 0 saturated heterocycles. The number of ether oxygens (including phenoxy) is 1. The number of pyridine rings is 1. The maximum atomic E-state index is 12.2. The van der Waals surface area contributed by atoms with Gasteiger partial charge in [-0.15, -0.1) is 0 Å². The van der Waals surface area contributed by atoms with E-state index in [1.54, 1.807) is 25.7 Å². The molecule has 1 atom stereocenters. The van der Waals surface area contributed by atoms with Gasteiger partial charge >= 0.3 is 0 Å². The van der Waals surface area contributed by atoms with Crippen molar-refractivity contribution in [2.75, 3.05) is 24.6 Å². The summed E-state index contributed by atoms with van der Waals surface area (Å²) in [4.78, 5) is 13.3. The topological polar surface area (TPSA) is 93.2 Å². The maximum Gasteiger partial charge on any atom is 0.155 e. The van der Waals surface area contributed by atoms with Crippen LogP contribution < -0.4 is 0 Å². The first-order chi connectivity index (χ1) is 14.2. The van der Waals surface area contributed by atoms with Crippen molar-refractivity contribution in [3.63, 3.8) is 0 Å². The number of fused-ring (bicyclic) bond motifs is 1. The fourth-order valence-electron chi connectivity index (χ4n) is 3.32. The minimum atomic E-state index is -1.04. The minimum absolute atomic E-state index is 0.380. The third-order valence-corrected chi connectivity index (χ3v) is 7.81. The Hall–Kier alpha value is -2.28. The van der Waals surface area contributed by atoms with Crippen LogP contribution >= 0.6 is 11.8 Å². The van der Waals surface area contributed by atoms with E-state index < -0.39 is 10.8 Å². The van der Waals surface area contributed by atoms with Gasteiger partial charge in [-0.1, -0.05) is 18.2 Å². The number of rotatable bonds is 8. The van der Waals surface area contributed by atoms with Crippen LogP contribution in [0.25, 0.3) is 17.0 Å². The highest BCUT2D eigenvalue weighted by Gasteiger charge is 2.26. The van der Waals surface area contributed by atoms with Crippen LogP contribution in [0.2, 0.25) is 0 Å². The molecule has 3 aromatic heterocycles. The molecule has 4 rings (SSSR count). The van der Waals surface area contributed by atoms with Crippen molar-refractivity contribution in [2.45, 2.75) is 30.2 Å². The molecule has 0 N–H and O–H groups in total. The second-order valence-corrected chi connectivity index (χ2v) is 9.77. The third kappa shape index (κ3) is 4.20. The van der Waals surface area contributed by atoms with E-state index in [1.165, 1.54) is 18.2 Å². The maximum absolute atomic E-state index is 12.2. The summed E-state index contributed by atoms with van der Waals surface area (Å²) in [6.45, 7) is 0.453. The Morgan fingerprint density at radius 3 is 3.00 bits per heavy atom. The van der Waals surface area contributed by atoms with Gasteiger partial charge in [0.25, 0.3) is 0 Å². The van der Waals surface area contributed by atoms with Crippen molar-refractivity contribution in [1.82, 2.24) is 19.4 Å². The quantitative estimate of drug-likeness (QED) is 0.509. The zero-order valence-electron chi connectivity index (χ0n) is 16.1. The van der Waals surface area contributed by atoms with Crippen LogP contribution in [-0.2, 0) is 15.5 Å². The van der Waals surface area contributed by atoms with Crippen LogP contribution in [0.4, 0.5) is 0 Å². The number of methoxy groups -OCH3 is 1. The lowest BCUT2D eigenvalue weighted by Gasteiger charge is -2.27. The summed E-state index contributed by atoms with van der Waals surface area (Å²) in [7, 11) is 0.558. The normalized spacial score (nSPS) is 15.2. The molecular formula is C20H21N5O2S2. The Morgan fingerprint density at radius 1 is 1.41 bits per heavy atom. The predicted molar refractivity (Wildman–Crippen MR) is 113 cm³/mol. The van der Waals surface area contributed by atoms with Gasteiger partial charge in [0.05, 0.1) is 41.0 Å². The van der Waals surface area contributed by atoms with Crippen LogP contribution in [0.15, 0.2) is 35.9 Å². The average molecular weight is 428 g/mol. The molecule has 0 aromatic carbocycles. The zero-order chi connectivity index (χ0) is 20.2. The second kappa shape index (κ2) is 9.03. The van der Waals surface area contributed by atoms with E-state index in [2.05, 4.69) is 16.0 Å². The molecule has 1 fully saturated rings. The summed E-state index contributed by atoms with van der Waals surface area (Å²) >= 11 is 1.38. The highest BCUT2D eigenvalue weighted by atomic mass is 32.2. The van der Waals surface area contributed by atoms with E-state index in [0.717, 1.165) is 35.4 Å². The van der Waals surface area contributed by atoms with E-state index in [-0.39, 0.29) is 0 Å². The van der Waals surface area contributed by atoms with Crippen molar-refractivity contribution >= 4 is 28.2 Å². The highest BCUT2D eigenvalue weighted by Crippen LogP contribution is 2.41. The van der Waals surface area contributed by atoms with E-state index in [4.69, 9.17) is 9.72 Å². The molecule has 1 aliphatic carbocycles. The number of nitriles is 1. The molecule has 1 unspecified atom stereocenters. The Balaban J connectivity index is 1.74. The zero-order valence-corrected chi connectivity index (χ0v) is 17.7. The first-order valence-electron chi connectivity index (χ1n) is 9.40. The van der Waals surface area contributed by atoms with E-state index in [0.29, 0.717) is 34.0 Å². The molecule has 150 valence electrons. The summed E-state index contributed by atoms with van der Waals surface area (Å²) < 4.78 is 19.2. The van der Waals surface area contributed by atoms with Gasteiger partial charge in [-0.2, -0.15) is 5.26 Å². The van der Waals surface area contributed by atoms with Gasteiger partial charge in [0.15, 0.2) is 5.65 Å². The lowest BCUT2D eigenvalue weighted by atomic mass is 9.78. The SMILES string of the molecule is COCCS(=O)CSc1nc(-c2cnc3cnccn23)cc(C2CCC2)c1C#N. The van der Waals surface area contributed by atoms with Crippen molar-refractivity contribution in [1.29, 1.82) is 5.26 Å². The van der Waals surface area contributed by atoms with Gasteiger partial charge in [-0.05, 0) is 30.4 Å². The summed E-state index contributed by atoms with van der Waals surface area (Å²) in [5.74, 6) is 0.853. The summed E-state index contributed by atoms with van der Waals surface area (Å²) in [6, 6.07) is 4.38. The van der Waals surface area contributed by atoms with Crippen LogP contribution in [0.3, 0.4) is 0 Å². The number of nitrogens with zero attached hydrogens (tertiary/aromatic N) is 5. The van der Waals surface area contributed by atoms with Gasteiger partial charge in [0.2, 0.25) is 0 Å². The molecule has 29 heavy (non-hydrogen) atoms. The summed E-state index contributed by atoms with van der Waals surface area (Å²) in [5.41, 5.74) is 4.03. The minimum Gasteiger partial charge on any atom is -0.384 e. The number of hydrogen-bond donors (Lipinski definition) is 0. The van der Waals surface area contributed by atoms with Gasteiger partial charge in [0.1, 0.15) is 11.1 Å². The molecule has 0 bridgehead atoms. The first kappa shape index (κ1) is 20.0. The Labute approximate surface area is 176 Å². The van der Waals surface area contributed by atoms with Crippen LogP contribution in [-0.4, -0.2) is 48.1 Å². The number of imidazole rings is 1. The Morgan fingerprint density at radius 2 is 2.28 bits per heavy atom. The van der Waals surface area contributed by atoms with Crippen molar-refractivity contribution in [2.24, 2.45) is 0 Å². The monoisotopic (exact) mass is 427 g/mol. The molecule has 3 aromatic rings. The van der Waals surface area contributed by atoms with Crippen molar-refractivity contribution in [3.05, 3.63) is 42.0 Å². The van der Waals surface area contributed by atoms with E-state index >= 15 is 0 Å². The van der Waals surface area contributed by atoms with Gasteiger partial charge in [-0.25, -0.2) is 9.97 Å². The summed E-state index contributed by atoms with van der Waals surface area (Å²) in [6.07, 6.45) is 10.4. The smallest absolute Gasteiger partial charge is 0.155 e. The standard InChI is InChI=1S/C20H21N5O2S2/c1-27-7-8-29(26)13-28-20-16(10-21)15(14-3-2-4-14)9-17(24-20)18-11-23-19-12-22-5-6-25(18)19/h5-6,9,11-12,14H,2-4,7-8,13H2,1H3. The largest absolute Gasteiger partial charge is 0.384 e. The molecule has 0 aliphatic heterocycles. The van der Waals surface area contributed by atoms with Crippen molar-refractivity contribution < 1.29 is 8.95 Å². The second-order valence-electron chi connectivity index (χ2n) is 6.86. The molecule has 1 aliphatic rings. The van der Waals surface area contributed by atoms with Crippen LogP contribution in [0.5, 0.6) is 0 Å². The van der Waals surface area contributed by atoms with E-state index in [9.17, 15) is 9.47 Å². The summed E-state index contributed by atoms with van der Waals surface area (Å²) in [5, 5.41) is 10.9.